The zero-order chi connectivity index (χ0) is 20.1. The molecule has 4 nitrogen and oxygen atoms in total. The second-order valence-electron chi connectivity index (χ2n) is 6.89. The van der Waals surface area contributed by atoms with E-state index >= 15 is 0 Å². The Labute approximate surface area is 162 Å². The molecule has 0 aromatic heterocycles. The Hall–Kier alpha value is -2.70. The van der Waals surface area contributed by atoms with Gasteiger partial charge in [0.25, 0.3) is 0 Å². The van der Waals surface area contributed by atoms with Crippen molar-refractivity contribution in [2.45, 2.75) is 44.4 Å². The molecule has 1 fully saturated rings. The predicted octanol–water partition coefficient (Wildman–Crippen LogP) is 5.69. The molecule has 3 rings (SSSR count). The monoisotopic (exact) mass is 392 g/mol. The number of amides is 2. The summed E-state index contributed by atoms with van der Waals surface area (Å²) in [6.07, 6.45) is -0.631. The minimum Gasteiger partial charge on any atom is -0.496 e. The van der Waals surface area contributed by atoms with E-state index in [2.05, 4.69) is 5.32 Å². The molecule has 0 bridgehead atoms. The maximum absolute atomic E-state index is 13.0. The summed E-state index contributed by atoms with van der Waals surface area (Å²) in [4.78, 5) is 14.7. The lowest BCUT2D eigenvalue weighted by atomic mass is 10.1. The van der Waals surface area contributed by atoms with E-state index < -0.39 is 17.8 Å². The number of carbonyl (C=O) groups is 1. The van der Waals surface area contributed by atoms with E-state index in [9.17, 15) is 18.0 Å². The largest absolute Gasteiger partial charge is 0.496 e. The molecule has 1 aliphatic rings. The van der Waals surface area contributed by atoms with Crippen LogP contribution in [0.25, 0.3) is 0 Å². The highest BCUT2D eigenvalue weighted by Crippen LogP contribution is 2.31. The van der Waals surface area contributed by atoms with Gasteiger partial charge in [-0.05, 0) is 37.1 Å². The van der Waals surface area contributed by atoms with Crippen LogP contribution in [-0.4, -0.2) is 24.1 Å². The molecule has 1 N–H and O–H groups in total. The lowest BCUT2D eigenvalue weighted by molar-refractivity contribution is -0.137. The van der Waals surface area contributed by atoms with Crippen LogP contribution >= 0.6 is 0 Å². The first-order chi connectivity index (χ1) is 13.4. The molecule has 150 valence electrons. The van der Waals surface area contributed by atoms with Gasteiger partial charge in [-0.25, -0.2) is 4.79 Å². The van der Waals surface area contributed by atoms with E-state index in [4.69, 9.17) is 4.74 Å². The first-order valence-corrected chi connectivity index (χ1v) is 9.25. The number of methoxy groups -OCH3 is 1. The van der Waals surface area contributed by atoms with E-state index in [1.807, 2.05) is 24.3 Å². The molecule has 0 spiro atoms. The molecule has 1 saturated carbocycles. The Kier molecular flexibility index (Phi) is 6.11. The first kappa shape index (κ1) is 20.0. The molecule has 28 heavy (non-hydrogen) atoms. The van der Waals surface area contributed by atoms with Crippen molar-refractivity contribution in [3.63, 3.8) is 0 Å². The van der Waals surface area contributed by atoms with Crippen LogP contribution in [0.15, 0.2) is 48.5 Å². The van der Waals surface area contributed by atoms with Crippen molar-refractivity contribution in [3.8, 4) is 5.75 Å². The normalized spacial score (nSPS) is 14.7. The van der Waals surface area contributed by atoms with Gasteiger partial charge >= 0.3 is 12.2 Å². The fourth-order valence-electron chi connectivity index (χ4n) is 3.57. The van der Waals surface area contributed by atoms with Crippen molar-refractivity contribution < 1.29 is 22.7 Å². The van der Waals surface area contributed by atoms with E-state index in [0.717, 1.165) is 43.4 Å². The summed E-state index contributed by atoms with van der Waals surface area (Å²) in [5.41, 5.74) is 0.196. The van der Waals surface area contributed by atoms with Crippen molar-refractivity contribution in [1.29, 1.82) is 0 Å². The van der Waals surface area contributed by atoms with Gasteiger partial charge in [0.05, 0.1) is 19.2 Å². The van der Waals surface area contributed by atoms with E-state index in [-0.39, 0.29) is 11.7 Å². The van der Waals surface area contributed by atoms with Crippen LogP contribution in [0, 0.1) is 0 Å². The smallest absolute Gasteiger partial charge is 0.416 e. The molecule has 2 aromatic rings. The number of carbonyl (C=O) groups excluding carboxylic acids is 1. The van der Waals surface area contributed by atoms with Crippen LogP contribution in [0.5, 0.6) is 5.75 Å². The third-order valence-electron chi connectivity index (χ3n) is 5.00. The zero-order valence-corrected chi connectivity index (χ0v) is 15.6. The minimum atomic E-state index is -4.46. The molecule has 2 amide bonds. The van der Waals surface area contributed by atoms with Gasteiger partial charge in [-0.1, -0.05) is 37.1 Å². The third-order valence-corrected chi connectivity index (χ3v) is 5.00. The third kappa shape index (κ3) is 4.77. The molecule has 0 unspecified atom stereocenters. The van der Waals surface area contributed by atoms with Gasteiger partial charge in [0.15, 0.2) is 0 Å². The van der Waals surface area contributed by atoms with E-state index in [1.165, 1.54) is 12.1 Å². The predicted molar refractivity (Wildman–Crippen MR) is 101 cm³/mol. The SMILES string of the molecule is COc1ccccc1CN(C(=O)Nc1cccc(C(F)(F)F)c1)C1CCCC1. The van der Waals surface area contributed by atoms with Gasteiger partial charge in [-0.3, -0.25) is 0 Å². The minimum absolute atomic E-state index is 0.0516. The van der Waals surface area contributed by atoms with Crippen LogP contribution in [0.2, 0.25) is 0 Å². The second kappa shape index (κ2) is 8.54. The first-order valence-electron chi connectivity index (χ1n) is 9.25. The topological polar surface area (TPSA) is 41.6 Å². The summed E-state index contributed by atoms with van der Waals surface area (Å²) < 4.78 is 44.2. The Morgan fingerprint density at radius 3 is 2.54 bits per heavy atom. The van der Waals surface area contributed by atoms with Crippen molar-refractivity contribution in [2.75, 3.05) is 12.4 Å². The van der Waals surface area contributed by atoms with Gasteiger partial charge in [0.2, 0.25) is 0 Å². The van der Waals surface area contributed by atoms with E-state index in [0.29, 0.717) is 12.3 Å². The number of alkyl halides is 3. The van der Waals surface area contributed by atoms with Gasteiger partial charge in [-0.2, -0.15) is 13.2 Å². The summed E-state index contributed by atoms with van der Waals surface area (Å²) in [5.74, 6) is 0.678. The van der Waals surface area contributed by atoms with Crippen LogP contribution in [0.3, 0.4) is 0 Å². The number of ether oxygens (including phenoxy) is 1. The number of rotatable bonds is 5. The summed E-state index contributed by atoms with van der Waals surface area (Å²) >= 11 is 0. The highest BCUT2D eigenvalue weighted by Gasteiger charge is 2.31. The quantitative estimate of drug-likeness (QED) is 0.710. The molecular weight excluding hydrogens is 369 g/mol. The number of urea groups is 1. The van der Waals surface area contributed by atoms with Crippen LogP contribution < -0.4 is 10.1 Å². The second-order valence-corrected chi connectivity index (χ2v) is 6.89. The average Bonchev–Trinajstić information content (AvgIpc) is 3.20. The zero-order valence-electron chi connectivity index (χ0n) is 15.6. The lowest BCUT2D eigenvalue weighted by Crippen LogP contribution is -2.41. The maximum Gasteiger partial charge on any atom is 0.416 e. The van der Waals surface area contributed by atoms with Crippen LogP contribution in [0.1, 0.15) is 36.8 Å². The molecule has 1 aliphatic carbocycles. The number of nitrogens with zero attached hydrogens (tertiary/aromatic N) is 1. The fourth-order valence-corrected chi connectivity index (χ4v) is 3.57. The number of nitrogens with one attached hydrogen (secondary N) is 1. The van der Waals surface area contributed by atoms with Gasteiger partial charge in [-0.15, -0.1) is 0 Å². The highest BCUT2D eigenvalue weighted by atomic mass is 19.4. The molecular formula is C21H23F3N2O2. The van der Waals surface area contributed by atoms with Crippen LogP contribution in [0.4, 0.5) is 23.7 Å². The maximum atomic E-state index is 13.0. The number of hydrogen-bond acceptors (Lipinski definition) is 2. The number of anilines is 1. The number of benzene rings is 2. The Morgan fingerprint density at radius 2 is 1.86 bits per heavy atom. The molecule has 0 heterocycles. The fraction of sp³-hybridized carbons (Fsp3) is 0.381. The standard InChI is InChI=1S/C21H23F3N2O2/c1-28-19-12-5-2-7-15(19)14-26(18-10-3-4-11-18)20(27)25-17-9-6-8-16(13-17)21(22,23)24/h2,5-9,12-13,18H,3-4,10-11,14H2,1H3,(H,25,27). The number of halogens is 3. The van der Waals surface area contributed by atoms with Gasteiger partial charge in [0.1, 0.15) is 5.75 Å². The van der Waals surface area contributed by atoms with Crippen molar-refractivity contribution in [2.24, 2.45) is 0 Å². The summed E-state index contributed by atoms with van der Waals surface area (Å²) in [6.45, 7) is 0.333. The van der Waals surface area contributed by atoms with Crippen molar-refractivity contribution >= 4 is 11.7 Å². The van der Waals surface area contributed by atoms with Gasteiger partial charge in [0, 0.05) is 17.3 Å². The molecule has 7 heteroatoms. The summed E-state index contributed by atoms with van der Waals surface area (Å²) in [7, 11) is 1.57. The Morgan fingerprint density at radius 1 is 1.14 bits per heavy atom. The molecule has 0 atom stereocenters. The Bertz CT molecular complexity index is 817. The number of hydrogen-bond donors (Lipinski definition) is 1. The summed E-state index contributed by atoms with van der Waals surface area (Å²) in [5, 5.41) is 2.64. The van der Waals surface area contributed by atoms with Gasteiger partial charge < -0.3 is 15.0 Å². The van der Waals surface area contributed by atoms with E-state index in [1.54, 1.807) is 12.0 Å². The lowest BCUT2D eigenvalue weighted by Gasteiger charge is -2.30. The highest BCUT2D eigenvalue weighted by molar-refractivity contribution is 5.89. The molecule has 2 aromatic carbocycles. The molecule has 0 saturated heterocycles. The van der Waals surface area contributed by atoms with Crippen molar-refractivity contribution in [1.82, 2.24) is 4.90 Å². The summed E-state index contributed by atoms with van der Waals surface area (Å²) in [6, 6.07) is 11.8. The Balaban J connectivity index is 1.81. The number of para-hydroxylation sites is 1. The molecule has 0 aliphatic heterocycles. The average molecular weight is 392 g/mol. The molecule has 0 radical (unpaired) electrons. The van der Waals surface area contributed by atoms with Crippen LogP contribution in [-0.2, 0) is 12.7 Å². The van der Waals surface area contributed by atoms with Crippen molar-refractivity contribution in [3.05, 3.63) is 59.7 Å².